The maximum atomic E-state index is 5.80. The molecule has 21 heavy (non-hydrogen) atoms. The second kappa shape index (κ2) is 8.69. The maximum absolute atomic E-state index is 5.80. The van der Waals surface area contributed by atoms with Crippen molar-refractivity contribution in [2.24, 2.45) is 0 Å². The van der Waals surface area contributed by atoms with E-state index in [9.17, 15) is 0 Å². The van der Waals surface area contributed by atoms with E-state index >= 15 is 0 Å². The van der Waals surface area contributed by atoms with Crippen LogP contribution in [0.1, 0.15) is 41.5 Å². The standard InChI is InChI=1S/C20H23Cl/c1-2-19-9-6-7-11-20(19)10-5-3-4-8-17-12-14-18(16-21)15-13-17/h2,6-7,9,11-15H,1,3-5,8,10,16H2. The Morgan fingerprint density at radius 1 is 0.810 bits per heavy atom. The van der Waals surface area contributed by atoms with Gasteiger partial charge in [0.15, 0.2) is 0 Å². The number of hydrogen-bond acceptors (Lipinski definition) is 0. The number of rotatable bonds is 8. The lowest BCUT2D eigenvalue weighted by Gasteiger charge is -2.06. The summed E-state index contributed by atoms with van der Waals surface area (Å²) in [5.41, 5.74) is 5.30. The van der Waals surface area contributed by atoms with Gasteiger partial charge in [-0.15, -0.1) is 11.6 Å². The molecule has 0 unspecified atom stereocenters. The van der Waals surface area contributed by atoms with Crippen molar-refractivity contribution in [3.05, 3.63) is 77.4 Å². The SMILES string of the molecule is C=Cc1ccccc1CCCCCc1ccc(CCl)cc1. The van der Waals surface area contributed by atoms with Gasteiger partial charge in [0.1, 0.15) is 0 Å². The monoisotopic (exact) mass is 298 g/mol. The molecule has 1 heteroatoms. The lowest BCUT2D eigenvalue weighted by Crippen LogP contribution is -1.91. The summed E-state index contributed by atoms with van der Waals surface area (Å²) in [7, 11) is 0. The van der Waals surface area contributed by atoms with Crippen LogP contribution in [0.3, 0.4) is 0 Å². The van der Waals surface area contributed by atoms with Crippen LogP contribution in [-0.2, 0) is 18.7 Å². The Morgan fingerprint density at radius 3 is 2.19 bits per heavy atom. The zero-order valence-corrected chi connectivity index (χ0v) is 13.3. The number of alkyl halides is 1. The number of unbranched alkanes of at least 4 members (excludes halogenated alkanes) is 2. The lowest BCUT2D eigenvalue weighted by atomic mass is 10.00. The van der Waals surface area contributed by atoms with E-state index in [0.29, 0.717) is 5.88 Å². The number of aryl methyl sites for hydroxylation is 2. The molecule has 2 rings (SSSR count). The molecular formula is C20H23Cl. The van der Waals surface area contributed by atoms with Crippen LogP contribution in [0.15, 0.2) is 55.1 Å². The Balaban J connectivity index is 1.71. The summed E-state index contributed by atoms with van der Waals surface area (Å²) in [6.07, 6.45) is 8.01. The van der Waals surface area contributed by atoms with Crippen LogP contribution in [0.25, 0.3) is 6.08 Å². The Hall–Kier alpha value is -1.53. The molecule has 0 aromatic heterocycles. The topological polar surface area (TPSA) is 0 Å². The summed E-state index contributed by atoms with van der Waals surface area (Å²) < 4.78 is 0. The summed E-state index contributed by atoms with van der Waals surface area (Å²) in [5.74, 6) is 0.600. The number of hydrogen-bond donors (Lipinski definition) is 0. The summed E-state index contributed by atoms with van der Waals surface area (Å²) in [6, 6.07) is 17.2. The third-order valence-corrected chi connectivity index (χ3v) is 4.17. The van der Waals surface area contributed by atoms with Crippen LogP contribution in [0, 0.1) is 0 Å². The molecule has 0 aliphatic heterocycles. The molecule has 0 bridgehead atoms. The van der Waals surface area contributed by atoms with Gasteiger partial charge in [-0.1, -0.05) is 67.6 Å². The normalized spacial score (nSPS) is 10.5. The van der Waals surface area contributed by atoms with Crippen LogP contribution in [-0.4, -0.2) is 0 Å². The Morgan fingerprint density at radius 2 is 1.48 bits per heavy atom. The van der Waals surface area contributed by atoms with E-state index in [1.165, 1.54) is 41.5 Å². The van der Waals surface area contributed by atoms with Crippen LogP contribution in [0.4, 0.5) is 0 Å². The first-order valence-electron chi connectivity index (χ1n) is 7.67. The summed E-state index contributed by atoms with van der Waals surface area (Å²) >= 11 is 5.80. The van der Waals surface area contributed by atoms with Crippen LogP contribution >= 0.6 is 11.6 Å². The highest BCUT2D eigenvalue weighted by molar-refractivity contribution is 6.17. The minimum atomic E-state index is 0.600. The average molecular weight is 299 g/mol. The van der Waals surface area contributed by atoms with Gasteiger partial charge < -0.3 is 0 Å². The van der Waals surface area contributed by atoms with E-state index < -0.39 is 0 Å². The fourth-order valence-corrected chi connectivity index (χ4v) is 2.76. The van der Waals surface area contributed by atoms with Crippen molar-refractivity contribution in [3.63, 3.8) is 0 Å². The van der Waals surface area contributed by atoms with Gasteiger partial charge in [0, 0.05) is 5.88 Å². The molecule has 0 aliphatic carbocycles. The summed E-state index contributed by atoms with van der Waals surface area (Å²) in [5, 5.41) is 0. The minimum absolute atomic E-state index is 0.600. The highest BCUT2D eigenvalue weighted by Crippen LogP contribution is 2.15. The van der Waals surface area contributed by atoms with Crippen molar-refractivity contribution < 1.29 is 0 Å². The van der Waals surface area contributed by atoms with Crippen molar-refractivity contribution in [2.75, 3.05) is 0 Å². The zero-order chi connectivity index (χ0) is 14.9. The van der Waals surface area contributed by atoms with Crippen molar-refractivity contribution in [3.8, 4) is 0 Å². The molecule has 0 aliphatic rings. The van der Waals surface area contributed by atoms with Crippen molar-refractivity contribution >= 4 is 17.7 Å². The lowest BCUT2D eigenvalue weighted by molar-refractivity contribution is 0.678. The molecule has 110 valence electrons. The Bertz CT molecular complexity index is 554. The smallest absolute Gasteiger partial charge is 0.0474 e. The predicted octanol–water partition coefficient (Wildman–Crippen LogP) is 6.02. The van der Waals surface area contributed by atoms with Gasteiger partial charge in [-0.2, -0.15) is 0 Å². The molecule has 0 saturated carbocycles. The van der Waals surface area contributed by atoms with Gasteiger partial charge in [-0.3, -0.25) is 0 Å². The summed E-state index contributed by atoms with van der Waals surface area (Å²) in [4.78, 5) is 0. The number of benzene rings is 2. The minimum Gasteiger partial charge on any atom is -0.122 e. The largest absolute Gasteiger partial charge is 0.122 e. The van der Waals surface area contributed by atoms with Crippen LogP contribution < -0.4 is 0 Å². The fourth-order valence-electron chi connectivity index (χ4n) is 2.58. The van der Waals surface area contributed by atoms with Crippen molar-refractivity contribution in [1.29, 1.82) is 0 Å². The summed E-state index contributed by atoms with van der Waals surface area (Å²) in [6.45, 7) is 3.88. The van der Waals surface area contributed by atoms with E-state index in [1.807, 2.05) is 6.08 Å². The molecule has 2 aromatic carbocycles. The van der Waals surface area contributed by atoms with Gasteiger partial charge in [0.25, 0.3) is 0 Å². The van der Waals surface area contributed by atoms with Crippen molar-refractivity contribution in [1.82, 2.24) is 0 Å². The molecular weight excluding hydrogens is 276 g/mol. The highest BCUT2D eigenvalue weighted by Gasteiger charge is 1.99. The fraction of sp³-hybridized carbons (Fsp3) is 0.300. The maximum Gasteiger partial charge on any atom is 0.0474 e. The van der Waals surface area contributed by atoms with E-state index in [1.54, 1.807) is 0 Å². The second-order valence-electron chi connectivity index (χ2n) is 5.41. The first-order valence-corrected chi connectivity index (χ1v) is 8.21. The van der Waals surface area contributed by atoms with E-state index in [2.05, 4.69) is 55.1 Å². The van der Waals surface area contributed by atoms with Gasteiger partial charge >= 0.3 is 0 Å². The van der Waals surface area contributed by atoms with E-state index in [4.69, 9.17) is 11.6 Å². The molecule has 2 aromatic rings. The van der Waals surface area contributed by atoms with Crippen LogP contribution in [0.5, 0.6) is 0 Å². The van der Waals surface area contributed by atoms with E-state index in [-0.39, 0.29) is 0 Å². The molecule has 0 heterocycles. The first kappa shape index (κ1) is 15.9. The second-order valence-corrected chi connectivity index (χ2v) is 5.68. The molecule has 0 atom stereocenters. The molecule has 0 spiro atoms. The van der Waals surface area contributed by atoms with Crippen LogP contribution in [0.2, 0.25) is 0 Å². The predicted molar refractivity (Wildman–Crippen MR) is 93.8 cm³/mol. The third kappa shape index (κ3) is 5.06. The zero-order valence-electron chi connectivity index (χ0n) is 12.5. The first-order chi connectivity index (χ1) is 10.3. The molecule has 0 N–H and O–H groups in total. The van der Waals surface area contributed by atoms with Gasteiger partial charge in [0.05, 0.1) is 0 Å². The van der Waals surface area contributed by atoms with Gasteiger partial charge in [-0.05, 0) is 47.9 Å². The highest BCUT2D eigenvalue weighted by atomic mass is 35.5. The molecule has 0 fully saturated rings. The number of halogens is 1. The quantitative estimate of drug-likeness (QED) is 0.413. The molecule has 0 radical (unpaired) electrons. The Labute approximate surface area is 133 Å². The molecule has 0 nitrogen and oxygen atoms in total. The van der Waals surface area contributed by atoms with Gasteiger partial charge in [-0.25, -0.2) is 0 Å². The Kier molecular flexibility index (Phi) is 6.56. The average Bonchev–Trinajstić information content (AvgIpc) is 2.55. The molecule has 0 saturated heterocycles. The molecule has 0 amide bonds. The van der Waals surface area contributed by atoms with Crippen molar-refractivity contribution in [2.45, 2.75) is 38.0 Å². The van der Waals surface area contributed by atoms with E-state index in [0.717, 1.165) is 12.8 Å². The van der Waals surface area contributed by atoms with Gasteiger partial charge in [0.2, 0.25) is 0 Å². The third-order valence-electron chi connectivity index (χ3n) is 3.86.